The average molecular weight is 569 g/mol. The molecule has 0 saturated heterocycles. The maximum atomic E-state index is 9.74. The van der Waals surface area contributed by atoms with Crippen molar-refractivity contribution in [2.24, 2.45) is 0 Å². The van der Waals surface area contributed by atoms with Gasteiger partial charge in [0.2, 0.25) is 0 Å². The summed E-state index contributed by atoms with van der Waals surface area (Å²) in [6, 6.07) is 0. The molecular weight excluding hydrogens is 554 g/mol. The summed E-state index contributed by atoms with van der Waals surface area (Å²) in [4.78, 5) is 58.2. The van der Waals surface area contributed by atoms with Gasteiger partial charge in [0, 0.05) is 0 Å². The predicted molar refractivity (Wildman–Crippen MR) is 79.7 cm³/mol. The first-order valence-corrected chi connectivity index (χ1v) is 6.79. The van der Waals surface area contributed by atoms with Gasteiger partial charge in [-0.1, -0.05) is 0 Å². The van der Waals surface area contributed by atoms with Crippen LogP contribution in [0.3, 0.4) is 0 Å². The Balaban J connectivity index is -0.000000174. The van der Waals surface area contributed by atoms with E-state index in [0.717, 1.165) is 0 Å². The van der Waals surface area contributed by atoms with Crippen LogP contribution in [-0.2, 0) is 28.8 Å². The molecule has 0 bridgehead atoms. The predicted octanol–water partition coefficient (Wildman–Crippen LogP) is -10.8. The minimum absolute atomic E-state index is 0. The number of aliphatic carboxylic acids is 6. The Kier molecular flexibility index (Phi) is 19.8. The van der Waals surface area contributed by atoms with Gasteiger partial charge in [-0.3, -0.25) is 0 Å². The number of carbonyl (C=O) groups is 6. The third-order valence-corrected chi connectivity index (χ3v) is 2.38. The number of carbonyl (C=O) groups excluding carboxylic acids is 3. The number of carboxylic acids is 6. The summed E-state index contributed by atoms with van der Waals surface area (Å²) >= 11 is 0. The maximum Gasteiger partial charge on any atom is 3.00 e. The Morgan fingerprint density at radius 2 is 0.548 bits per heavy atom. The minimum atomic E-state index is -2.38. The number of hydrogen-bond acceptors (Lipinski definition) is 15. The van der Waals surface area contributed by atoms with Crippen LogP contribution < -0.4 is 15.3 Å². The Labute approximate surface area is 187 Å². The van der Waals surface area contributed by atoms with Gasteiger partial charge in [-0.05, 0) is 0 Å². The van der Waals surface area contributed by atoms with Crippen molar-refractivity contribution >= 4 is 60.2 Å². The summed E-state index contributed by atoms with van der Waals surface area (Å²) in [6.45, 7) is 0. The smallest absolute Gasteiger partial charge is 0.547 e. The van der Waals surface area contributed by atoms with E-state index in [1.165, 1.54) is 0 Å². The number of rotatable bonds is 9. The van der Waals surface area contributed by atoms with Gasteiger partial charge in [0.1, 0.15) is 18.3 Å². The molecular formula is C12H15O18Sb. The summed E-state index contributed by atoms with van der Waals surface area (Å²) in [5, 5.41) is 102. The zero-order chi connectivity index (χ0) is 24.9. The quantitative estimate of drug-likeness (QED) is 0.116. The molecule has 176 valence electrons. The van der Waals surface area contributed by atoms with Crippen LogP contribution in [0, 0.1) is 0 Å². The molecule has 0 fully saturated rings. The third kappa shape index (κ3) is 15.8. The van der Waals surface area contributed by atoms with Crippen molar-refractivity contribution in [3.63, 3.8) is 0 Å². The second kappa shape index (κ2) is 17.1. The van der Waals surface area contributed by atoms with Crippen molar-refractivity contribution in [1.82, 2.24) is 0 Å². The Bertz CT molecular complexity index is 493. The molecule has 0 aromatic rings. The summed E-state index contributed by atoms with van der Waals surface area (Å²) in [7, 11) is 0. The molecule has 31 heavy (non-hydrogen) atoms. The van der Waals surface area contributed by atoms with Crippen LogP contribution in [0.1, 0.15) is 0 Å². The van der Waals surface area contributed by atoms with Crippen molar-refractivity contribution < 1.29 is 90.0 Å². The Morgan fingerprint density at radius 3 is 0.581 bits per heavy atom. The number of aliphatic hydroxyl groups is 6. The summed E-state index contributed by atoms with van der Waals surface area (Å²) < 4.78 is 0. The van der Waals surface area contributed by atoms with Gasteiger partial charge >= 0.3 is 42.3 Å². The molecule has 18 nitrogen and oxygen atoms in total. The van der Waals surface area contributed by atoms with Gasteiger partial charge in [0.15, 0.2) is 18.3 Å². The molecule has 19 heteroatoms. The molecule has 6 atom stereocenters. The van der Waals surface area contributed by atoms with Gasteiger partial charge in [0.05, 0.1) is 17.9 Å². The van der Waals surface area contributed by atoms with Gasteiger partial charge in [-0.2, -0.15) is 0 Å². The molecule has 0 aromatic carbocycles. The topological polar surface area (TPSA) is 354 Å². The van der Waals surface area contributed by atoms with Crippen LogP contribution in [0.2, 0.25) is 0 Å². The molecule has 0 aliphatic carbocycles. The zero-order valence-corrected chi connectivity index (χ0v) is 17.2. The molecule has 0 aliphatic heterocycles. The monoisotopic (exact) mass is 568 g/mol. The van der Waals surface area contributed by atoms with Crippen molar-refractivity contribution in [1.29, 1.82) is 0 Å². The summed E-state index contributed by atoms with van der Waals surface area (Å²) in [5.74, 6) is -11.5. The van der Waals surface area contributed by atoms with Crippen LogP contribution in [0.25, 0.3) is 0 Å². The van der Waals surface area contributed by atoms with Crippen molar-refractivity contribution in [3.05, 3.63) is 0 Å². The van der Waals surface area contributed by atoms with E-state index in [1.807, 2.05) is 0 Å². The summed E-state index contributed by atoms with van der Waals surface area (Å²) in [5.41, 5.74) is 0. The molecule has 0 aliphatic rings. The molecule has 9 N–H and O–H groups in total. The van der Waals surface area contributed by atoms with Gasteiger partial charge < -0.3 is 75.7 Å². The van der Waals surface area contributed by atoms with Crippen molar-refractivity contribution in [2.45, 2.75) is 36.6 Å². The van der Waals surface area contributed by atoms with E-state index >= 15 is 0 Å². The van der Waals surface area contributed by atoms with Gasteiger partial charge in [-0.25, -0.2) is 14.4 Å². The molecule has 0 spiro atoms. The fourth-order valence-corrected chi connectivity index (χ4v) is 0.792. The maximum absolute atomic E-state index is 9.74. The molecule has 2 radical (unpaired) electrons. The van der Waals surface area contributed by atoms with E-state index in [0.29, 0.717) is 0 Å². The van der Waals surface area contributed by atoms with Crippen molar-refractivity contribution in [2.75, 3.05) is 0 Å². The Morgan fingerprint density at radius 1 is 0.419 bits per heavy atom. The molecule has 0 aromatic heterocycles. The SMILES string of the molecule is O=C([O-])C(O)C(O)C(=O)O.O=C([O-])C(O)C(O)C(=O)O.O=C([O-])C(O)C(O)C(=O)O.[Sb+3]. The number of hydrogen-bond donors (Lipinski definition) is 9. The number of aliphatic hydroxyl groups excluding tert-OH is 6. The van der Waals surface area contributed by atoms with E-state index in [4.69, 9.17) is 46.0 Å². The largest absolute Gasteiger partial charge is 3.00 e. The van der Waals surface area contributed by atoms with E-state index in [9.17, 15) is 44.1 Å². The van der Waals surface area contributed by atoms with Crippen LogP contribution in [-0.4, -0.2) is 143 Å². The standard InChI is InChI=1S/3C4H6O6.Sb/c3*5-1(3(7)8)2(6)4(9)10;/h3*1-2,5-6H,(H,7,8)(H,9,10);/q;;;+3/p-3. The second-order valence-electron chi connectivity index (χ2n) is 4.64. The van der Waals surface area contributed by atoms with Crippen LogP contribution >= 0.6 is 0 Å². The first kappa shape index (κ1) is 35.8. The van der Waals surface area contributed by atoms with Crippen molar-refractivity contribution in [3.8, 4) is 0 Å². The summed E-state index contributed by atoms with van der Waals surface area (Å²) in [6.07, 6.45) is -14.1. The first-order valence-electron chi connectivity index (χ1n) is 6.79. The number of carboxylic acid groups (broad SMARTS) is 6. The van der Waals surface area contributed by atoms with E-state index in [-0.39, 0.29) is 24.4 Å². The minimum Gasteiger partial charge on any atom is -0.547 e. The molecule has 0 rings (SSSR count). The van der Waals surface area contributed by atoms with Gasteiger partial charge in [-0.15, -0.1) is 0 Å². The van der Waals surface area contributed by atoms with E-state index < -0.39 is 72.4 Å². The van der Waals surface area contributed by atoms with Crippen LogP contribution in [0.15, 0.2) is 0 Å². The molecule has 0 amide bonds. The van der Waals surface area contributed by atoms with E-state index in [2.05, 4.69) is 0 Å². The van der Waals surface area contributed by atoms with Crippen LogP contribution in [0.5, 0.6) is 0 Å². The van der Waals surface area contributed by atoms with E-state index in [1.54, 1.807) is 0 Å². The van der Waals surface area contributed by atoms with Crippen LogP contribution in [0.4, 0.5) is 0 Å². The average Bonchev–Trinajstić information content (AvgIpc) is 2.64. The molecule has 0 heterocycles. The fraction of sp³-hybridized carbons (Fsp3) is 0.500. The fourth-order valence-electron chi connectivity index (χ4n) is 0.792. The second-order valence-corrected chi connectivity index (χ2v) is 4.64. The zero-order valence-electron chi connectivity index (χ0n) is 14.6. The molecule has 0 saturated carbocycles. The molecule has 6 unspecified atom stereocenters. The Hall–Kier alpha value is -2.60. The first-order chi connectivity index (χ1) is 13.4. The van der Waals surface area contributed by atoms with Gasteiger partial charge in [0.25, 0.3) is 0 Å². The normalized spacial score (nSPS) is 15.3. The third-order valence-electron chi connectivity index (χ3n) is 2.38.